The predicted octanol–water partition coefficient (Wildman–Crippen LogP) is 4.30. The SMILES string of the molecule is C=CCNC(=S)NN=Cc1ccc(OCc2ccccc2Cl)c(OCC)c1. The van der Waals surface area contributed by atoms with Crippen LogP contribution in [-0.4, -0.2) is 24.5 Å². The summed E-state index contributed by atoms with van der Waals surface area (Å²) in [6.45, 7) is 6.99. The molecule has 2 aromatic carbocycles. The molecular weight excluding hydrogens is 382 g/mol. The first-order valence-corrected chi connectivity index (χ1v) is 9.23. The molecule has 5 nitrogen and oxygen atoms in total. The van der Waals surface area contributed by atoms with E-state index in [4.69, 9.17) is 33.3 Å². The monoisotopic (exact) mass is 403 g/mol. The largest absolute Gasteiger partial charge is 0.490 e. The van der Waals surface area contributed by atoms with Gasteiger partial charge in [0.1, 0.15) is 6.61 Å². The summed E-state index contributed by atoms with van der Waals surface area (Å²) in [5.74, 6) is 1.28. The summed E-state index contributed by atoms with van der Waals surface area (Å²) >= 11 is 11.2. The molecule has 0 aromatic heterocycles. The normalized spacial score (nSPS) is 10.4. The summed E-state index contributed by atoms with van der Waals surface area (Å²) in [6, 6.07) is 13.2. The zero-order chi connectivity index (χ0) is 19.5. The first-order valence-electron chi connectivity index (χ1n) is 8.45. The molecule has 0 saturated carbocycles. The van der Waals surface area contributed by atoms with Crippen molar-refractivity contribution in [2.45, 2.75) is 13.5 Å². The van der Waals surface area contributed by atoms with Crippen LogP contribution in [0.25, 0.3) is 0 Å². The Morgan fingerprint density at radius 2 is 2.04 bits per heavy atom. The van der Waals surface area contributed by atoms with Gasteiger partial charge in [0.05, 0.1) is 12.8 Å². The van der Waals surface area contributed by atoms with Gasteiger partial charge >= 0.3 is 0 Å². The molecule has 0 atom stereocenters. The third kappa shape index (κ3) is 6.92. The Labute approximate surface area is 170 Å². The lowest BCUT2D eigenvalue weighted by Crippen LogP contribution is -2.31. The van der Waals surface area contributed by atoms with Crippen molar-refractivity contribution in [2.24, 2.45) is 5.10 Å². The molecule has 0 spiro atoms. The number of halogens is 1. The van der Waals surface area contributed by atoms with E-state index in [1.54, 1.807) is 12.3 Å². The first-order chi connectivity index (χ1) is 13.1. The fraction of sp³-hybridized carbons (Fsp3) is 0.200. The van der Waals surface area contributed by atoms with E-state index < -0.39 is 0 Å². The number of nitrogens with zero attached hydrogens (tertiary/aromatic N) is 1. The number of hydrazone groups is 1. The molecule has 0 aliphatic carbocycles. The van der Waals surface area contributed by atoms with Crippen molar-refractivity contribution < 1.29 is 9.47 Å². The maximum absolute atomic E-state index is 6.17. The summed E-state index contributed by atoms with van der Waals surface area (Å²) in [5, 5.41) is 8.13. The third-order valence-electron chi connectivity index (χ3n) is 3.40. The van der Waals surface area contributed by atoms with Crippen molar-refractivity contribution in [3.63, 3.8) is 0 Å². The van der Waals surface area contributed by atoms with Crippen LogP contribution < -0.4 is 20.2 Å². The van der Waals surface area contributed by atoms with Crippen LogP contribution >= 0.6 is 23.8 Å². The smallest absolute Gasteiger partial charge is 0.187 e. The van der Waals surface area contributed by atoms with Crippen LogP contribution in [0.3, 0.4) is 0 Å². The van der Waals surface area contributed by atoms with Gasteiger partial charge in [-0.3, -0.25) is 5.43 Å². The quantitative estimate of drug-likeness (QED) is 0.283. The van der Waals surface area contributed by atoms with Gasteiger partial charge in [0, 0.05) is 17.1 Å². The number of nitrogens with one attached hydrogen (secondary N) is 2. The molecule has 2 rings (SSSR count). The van der Waals surface area contributed by atoms with Crippen molar-refractivity contribution in [3.05, 3.63) is 71.3 Å². The Morgan fingerprint density at radius 1 is 1.22 bits per heavy atom. The number of hydrogen-bond donors (Lipinski definition) is 2. The molecule has 0 fully saturated rings. The van der Waals surface area contributed by atoms with Crippen LogP contribution in [0.5, 0.6) is 11.5 Å². The molecule has 7 heteroatoms. The second-order valence-corrected chi connectivity index (χ2v) is 6.20. The summed E-state index contributed by atoms with van der Waals surface area (Å²) in [7, 11) is 0. The highest BCUT2D eigenvalue weighted by molar-refractivity contribution is 7.80. The molecule has 2 aromatic rings. The highest BCUT2D eigenvalue weighted by Gasteiger charge is 2.08. The number of ether oxygens (including phenoxy) is 2. The molecule has 0 unspecified atom stereocenters. The van der Waals surface area contributed by atoms with Crippen LogP contribution in [0.2, 0.25) is 5.02 Å². The van der Waals surface area contributed by atoms with Gasteiger partial charge in [-0.25, -0.2) is 0 Å². The maximum atomic E-state index is 6.17. The molecule has 27 heavy (non-hydrogen) atoms. The molecule has 0 heterocycles. The lowest BCUT2D eigenvalue weighted by atomic mass is 10.2. The van der Waals surface area contributed by atoms with Gasteiger partial charge in [-0.1, -0.05) is 35.9 Å². The van der Waals surface area contributed by atoms with E-state index >= 15 is 0 Å². The molecule has 0 radical (unpaired) electrons. The van der Waals surface area contributed by atoms with Crippen molar-refractivity contribution >= 4 is 35.1 Å². The van der Waals surface area contributed by atoms with Crippen LogP contribution in [0.15, 0.2) is 60.2 Å². The van der Waals surface area contributed by atoms with E-state index in [2.05, 4.69) is 22.4 Å². The Hall–Kier alpha value is -2.57. The van der Waals surface area contributed by atoms with Gasteiger partial charge in [-0.15, -0.1) is 6.58 Å². The Kier molecular flexibility index (Phi) is 8.61. The number of rotatable bonds is 9. The third-order valence-corrected chi connectivity index (χ3v) is 4.00. The van der Waals surface area contributed by atoms with Crippen molar-refractivity contribution in [2.75, 3.05) is 13.2 Å². The summed E-state index contributed by atoms with van der Waals surface area (Å²) < 4.78 is 11.6. The van der Waals surface area contributed by atoms with E-state index in [0.717, 1.165) is 11.1 Å². The average molecular weight is 404 g/mol. The molecule has 0 aliphatic heterocycles. The van der Waals surface area contributed by atoms with Gasteiger partial charge in [0.25, 0.3) is 0 Å². The molecule has 0 aliphatic rings. The molecule has 0 bridgehead atoms. The van der Waals surface area contributed by atoms with E-state index in [0.29, 0.717) is 41.4 Å². The molecular formula is C20H22ClN3O2S. The van der Waals surface area contributed by atoms with E-state index in [9.17, 15) is 0 Å². The van der Waals surface area contributed by atoms with Crippen LogP contribution in [0, 0.1) is 0 Å². The highest BCUT2D eigenvalue weighted by Crippen LogP contribution is 2.29. The van der Waals surface area contributed by atoms with Crippen molar-refractivity contribution in [3.8, 4) is 11.5 Å². The summed E-state index contributed by atoms with van der Waals surface area (Å²) in [6.07, 6.45) is 3.37. The topological polar surface area (TPSA) is 54.9 Å². The van der Waals surface area contributed by atoms with Gasteiger partial charge in [-0.05, 0) is 49.0 Å². The van der Waals surface area contributed by atoms with Gasteiger partial charge < -0.3 is 14.8 Å². The van der Waals surface area contributed by atoms with Gasteiger partial charge in [0.2, 0.25) is 0 Å². The van der Waals surface area contributed by atoms with Crippen LogP contribution in [-0.2, 0) is 6.61 Å². The van der Waals surface area contributed by atoms with E-state index in [1.165, 1.54) is 0 Å². The lowest BCUT2D eigenvalue weighted by Gasteiger charge is -2.13. The van der Waals surface area contributed by atoms with Crippen LogP contribution in [0.1, 0.15) is 18.1 Å². The lowest BCUT2D eigenvalue weighted by molar-refractivity contribution is 0.269. The highest BCUT2D eigenvalue weighted by atomic mass is 35.5. The van der Waals surface area contributed by atoms with Crippen molar-refractivity contribution in [1.82, 2.24) is 10.7 Å². The summed E-state index contributed by atoms with van der Waals surface area (Å²) in [4.78, 5) is 0. The molecule has 0 amide bonds. The first kappa shape index (κ1) is 20.7. The second kappa shape index (κ2) is 11.2. The molecule has 142 valence electrons. The average Bonchev–Trinajstić information content (AvgIpc) is 2.67. The Bertz CT molecular complexity index is 812. The van der Waals surface area contributed by atoms with Gasteiger partial charge in [0.15, 0.2) is 16.6 Å². The Balaban J connectivity index is 2.03. The second-order valence-electron chi connectivity index (χ2n) is 5.39. The minimum absolute atomic E-state index is 0.359. The summed E-state index contributed by atoms with van der Waals surface area (Å²) in [5.41, 5.74) is 4.50. The zero-order valence-electron chi connectivity index (χ0n) is 15.1. The standard InChI is InChI=1S/C20H22ClN3O2S/c1-3-11-22-20(27)24-23-13-15-9-10-18(19(12-15)25-4-2)26-14-16-7-5-6-8-17(16)21/h3,5-10,12-13H,1,4,11,14H2,2H3,(H2,22,24,27). The molecule has 0 saturated heterocycles. The van der Waals surface area contributed by atoms with E-state index in [1.807, 2.05) is 49.4 Å². The van der Waals surface area contributed by atoms with Crippen molar-refractivity contribution in [1.29, 1.82) is 0 Å². The van der Waals surface area contributed by atoms with Crippen LogP contribution in [0.4, 0.5) is 0 Å². The minimum Gasteiger partial charge on any atom is -0.490 e. The maximum Gasteiger partial charge on any atom is 0.187 e. The molecule has 2 N–H and O–H groups in total. The number of thiocarbonyl (C=S) groups is 1. The minimum atomic E-state index is 0.359. The Morgan fingerprint density at radius 3 is 2.78 bits per heavy atom. The predicted molar refractivity (Wildman–Crippen MR) is 115 cm³/mol. The van der Waals surface area contributed by atoms with Gasteiger partial charge in [-0.2, -0.15) is 5.10 Å². The van der Waals surface area contributed by atoms with E-state index in [-0.39, 0.29) is 0 Å². The fourth-order valence-corrected chi connectivity index (χ4v) is 2.46. The zero-order valence-corrected chi connectivity index (χ0v) is 16.6. The number of benzene rings is 2. The fourth-order valence-electron chi connectivity index (χ4n) is 2.13. The number of hydrogen-bond acceptors (Lipinski definition) is 4.